The van der Waals surface area contributed by atoms with Gasteiger partial charge in [0.25, 0.3) is 0 Å². The Balaban J connectivity index is 1.53. The van der Waals surface area contributed by atoms with Gasteiger partial charge in [0.1, 0.15) is 29.7 Å². The van der Waals surface area contributed by atoms with Gasteiger partial charge in [0.2, 0.25) is 5.88 Å². The molecule has 0 aliphatic heterocycles. The van der Waals surface area contributed by atoms with E-state index in [0.29, 0.717) is 30.1 Å². The Morgan fingerprint density at radius 2 is 1.83 bits per heavy atom. The topological polar surface area (TPSA) is 82.3 Å². The van der Waals surface area contributed by atoms with Crippen molar-refractivity contribution in [2.75, 3.05) is 20.3 Å². The third kappa shape index (κ3) is 4.63. The highest BCUT2D eigenvalue weighted by molar-refractivity contribution is 5.91. The van der Waals surface area contributed by atoms with Crippen LogP contribution in [0.15, 0.2) is 36.4 Å². The first-order valence-electron chi connectivity index (χ1n) is 11.9. The SMILES string of the molecule is COCCOc1cc(F)c(Cn2nc(-c3nc(O)c4c(n3)CC(C)(C)CC4)c3ccccc32)c(F)c1. The van der Waals surface area contributed by atoms with Crippen LogP contribution in [0.3, 0.4) is 0 Å². The molecule has 1 aliphatic carbocycles. The number of hydrogen-bond acceptors (Lipinski definition) is 6. The number of rotatable bonds is 7. The molecule has 5 rings (SSSR count). The molecule has 1 aliphatic rings. The number of aromatic nitrogens is 4. The van der Waals surface area contributed by atoms with Crippen LogP contribution in [-0.2, 0) is 24.1 Å². The predicted octanol–water partition coefficient (Wildman–Crippen LogP) is 5.07. The molecule has 188 valence electrons. The summed E-state index contributed by atoms with van der Waals surface area (Å²) in [7, 11) is 1.52. The van der Waals surface area contributed by atoms with Gasteiger partial charge in [-0.25, -0.2) is 13.8 Å². The normalized spacial score (nSPS) is 14.7. The fourth-order valence-electron chi connectivity index (χ4n) is 4.65. The summed E-state index contributed by atoms with van der Waals surface area (Å²) in [6.07, 6.45) is 2.38. The van der Waals surface area contributed by atoms with Crippen LogP contribution in [0.1, 0.15) is 37.1 Å². The van der Waals surface area contributed by atoms with Crippen molar-refractivity contribution < 1.29 is 23.4 Å². The molecule has 7 nitrogen and oxygen atoms in total. The first-order chi connectivity index (χ1) is 17.3. The molecule has 4 aromatic rings. The second-order valence-corrected chi connectivity index (χ2v) is 9.87. The Bertz CT molecular complexity index is 1410. The van der Waals surface area contributed by atoms with E-state index in [2.05, 4.69) is 23.9 Å². The minimum absolute atomic E-state index is 0.0368. The lowest BCUT2D eigenvalue weighted by Gasteiger charge is -2.30. The molecule has 0 bridgehead atoms. The molecule has 2 aromatic carbocycles. The van der Waals surface area contributed by atoms with Gasteiger partial charge < -0.3 is 14.6 Å². The summed E-state index contributed by atoms with van der Waals surface area (Å²) in [5, 5.41) is 16.0. The maximum absolute atomic E-state index is 14.9. The maximum atomic E-state index is 14.9. The van der Waals surface area contributed by atoms with Crippen LogP contribution in [-0.4, -0.2) is 45.2 Å². The largest absolute Gasteiger partial charge is 0.493 e. The Morgan fingerprint density at radius 3 is 2.58 bits per heavy atom. The molecule has 1 N–H and O–H groups in total. The van der Waals surface area contributed by atoms with E-state index in [-0.39, 0.29) is 35.8 Å². The van der Waals surface area contributed by atoms with Gasteiger partial charge in [-0.15, -0.1) is 0 Å². The summed E-state index contributed by atoms with van der Waals surface area (Å²) in [4.78, 5) is 9.12. The highest BCUT2D eigenvalue weighted by Gasteiger charge is 2.30. The lowest BCUT2D eigenvalue weighted by Crippen LogP contribution is -2.24. The molecular weight excluding hydrogens is 466 g/mol. The lowest BCUT2D eigenvalue weighted by molar-refractivity contribution is 0.146. The van der Waals surface area contributed by atoms with Gasteiger partial charge in [-0.1, -0.05) is 32.0 Å². The average molecular weight is 495 g/mol. The van der Waals surface area contributed by atoms with Crippen LogP contribution in [0.25, 0.3) is 22.4 Å². The molecule has 2 aromatic heterocycles. The van der Waals surface area contributed by atoms with Crippen molar-refractivity contribution in [3.05, 3.63) is 64.9 Å². The molecule has 0 saturated carbocycles. The molecule has 0 atom stereocenters. The van der Waals surface area contributed by atoms with E-state index >= 15 is 0 Å². The molecule has 0 amide bonds. The Morgan fingerprint density at radius 1 is 1.08 bits per heavy atom. The van der Waals surface area contributed by atoms with Gasteiger partial charge in [-0.05, 0) is 30.7 Å². The molecule has 0 unspecified atom stereocenters. The quantitative estimate of drug-likeness (QED) is 0.362. The third-order valence-electron chi connectivity index (χ3n) is 6.62. The van der Waals surface area contributed by atoms with Crippen molar-refractivity contribution in [1.29, 1.82) is 0 Å². The minimum Gasteiger partial charge on any atom is -0.493 e. The van der Waals surface area contributed by atoms with Crippen LogP contribution in [0.4, 0.5) is 8.78 Å². The summed E-state index contributed by atoms with van der Waals surface area (Å²) < 4.78 is 41.6. The van der Waals surface area contributed by atoms with E-state index in [4.69, 9.17) is 14.5 Å². The van der Waals surface area contributed by atoms with Crippen molar-refractivity contribution >= 4 is 10.9 Å². The van der Waals surface area contributed by atoms with Gasteiger partial charge >= 0.3 is 0 Å². The van der Waals surface area contributed by atoms with Gasteiger partial charge in [0.15, 0.2) is 5.82 Å². The van der Waals surface area contributed by atoms with Crippen molar-refractivity contribution in [2.45, 2.75) is 39.7 Å². The highest BCUT2D eigenvalue weighted by Crippen LogP contribution is 2.38. The van der Waals surface area contributed by atoms with Crippen LogP contribution >= 0.6 is 0 Å². The number of ether oxygens (including phenoxy) is 2. The second kappa shape index (κ2) is 9.46. The first kappa shape index (κ1) is 24.1. The standard InChI is InChI=1S/C27H28F2N4O3/c1-27(2)9-8-17-22(14-27)30-25(31-26(17)34)24-18-6-4-5-7-23(18)33(32-24)15-19-20(28)12-16(13-21(19)29)36-11-10-35-3/h4-7,12-13H,8-11,14-15H2,1-3H3,(H,30,31,34). The summed E-state index contributed by atoms with van der Waals surface area (Å²) in [5.74, 6) is -1.11. The third-order valence-corrected chi connectivity index (χ3v) is 6.62. The summed E-state index contributed by atoms with van der Waals surface area (Å²) in [6.45, 7) is 4.71. The number of hydrogen-bond donors (Lipinski definition) is 1. The fourth-order valence-corrected chi connectivity index (χ4v) is 4.65. The van der Waals surface area contributed by atoms with E-state index in [9.17, 15) is 13.9 Å². The predicted molar refractivity (Wildman–Crippen MR) is 131 cm³/mol. The molecule has 36 heavy (non-hydrogen) atoms. The monoisotopic (exact) mass is 494 g/mol. The number of halogens is 2. The van der Waals surface area contributed by atoms with E-state index in [1.54, 1.807) is 0 Å². The first-order valence-corrected chi connectivity index (χ1v) is 11.9. The van der Waals surface area contributed by atoms with Crippen molar-refractivity contribution in [3.8, 4) is 23.1 Å². The van der Waals surface area contributed by atoms with Gasteiger partial charge in [0, 0.05) is 35.8 Å². The van der Waals surface area contributed by atoms with Crippen LogP contribution in [0.2, 0.25) is 0 Å². The van der Waals surface area contributed by atoms with E-state index in [1.165, 1.54) is 11.8 Å². The zero-order valence-electron chi connectivity index (χ0n) is 20.5. The highest BCUT2D eigenvalue weighted by atomic mass is 19.1. The zero-order chi connectivity index (χ0) is 25.4. The number of nitrogens with zero attached hydrogens (tertiary/aromatic N) is 4. The summed E-state index contributed by atoms with van der Waals surface area (Å²) in [5.41, 5.74) is 2.65. The van der Waals surface area contributed by atoms with Gasteiger partial charge in [0.05, 0.1) is 24.4 Å². The maximum Gasteiger partial charge on any atom is 0.218 e. The van der Waals surface area contributed by atoms with E-state index in [0.717, 1.165) is 41.6 Å². The summed E-state index contributed by atoms with van der Waals surface area (Å²) in [6, 6.07) is 9.69. The molecular formula is C27H28F2N4O3. The van der Waals surface area contributed by atoms with Crippen LogP contribution in [0.5, 0.6) is 11.6 Å². The number of methoxy groups -OCH3 is 1. The van der Waals surface area contributed by atoms with E-state index in [1.807, 2.05) is 24.3 Å². The smallest absolute Gasteiger partial charge is 0.218 e. The number of aromatic hydroxyl groups is 1. The van der Waals surface area contributed by atoms with Crippen LogP contribution in [0, 0.1) is 17.0 Å². The fraction of sp³-hybridized carbons (Fsp3) is 0.370. The van der Waals surface area contributed by atoms with Crippen molar-refractivity contribution in [3.63, 3.8) is 0 Å². The van der Waals surface area contributed by atoms with E-state index < -0.39 is 11.6 Å². The molecule has 9 heteroatoms. The minimum atomic E-state index is -0.728. The Labute approximate surface area is 207 Å². The van der Waals surface area contributed by atoms with Gasteiger partial charge in [-0.2, -0.15) is 10.1 Å². The molecule has 0 radical (unpaired) electrons. The summed E-state index contributed by atoms with van der Waals surface area (Å²) >= 11 is 0. The molecule has 0 spiro atoms. The number of benzene rings is 2. The van der Waals surface area contributed by atoms with Crippen molar-refractivity contribution in [1.82, 2.24) is 19.7 Å². The molecule has 2 heterocycles. The zero-order valence-corrected chi connectivity index (χ0v) is 20.5. The second-order valence-electron chi connectivity index (χ2n) is 9.87. The Kier molecular flexibility index (Phi) is 6.34. The number of fused-ring (bicyclic) bond motifs is 2. The molecule has 0 fully saturated rings. The Hall–Kier alpha value is -3.59. The van der Waals surface area contributed by atoms with Crippen molar-refractivity contribution in [2.24, 2.45) is 5.41 Å². The molecule has 0 saturated heterocycles. The lowest BCUT2D eigenvalue weighted by atomic mass is 9.76. The van der Waals surface area contributed by atoms with Crippen LogP contribution < -0.4 is 4.74 Å². The number of para-hydroxylation sites is 1. The average Bonchev–Trinajstić information content (AvgIpc) is 3.19. The van der Waals surface area contributed by atoms with Gasteiger partial charge in [-0.3, -0.25) is 4.68 Å².